The Hall–Kier alpha value is -2.76. The molecule has 31 heavy (non-hydrogen) atoms. The number of rotatable bonds is 8. The predicted octanol–water partition coefficient (Wildman–Crippen LogP) is 5.18. The molecule has 2 atom stereocenters. The van der Waals surface area contributed by atoms with Gasteiger partial charge in [0.05, 0.1) is 0 Å². The Bertz CT molecular complexity index is 886. The van der Waals surface area contributed by atoms with E-state index in [1.54, 1.807) is 0 Å². The molecule has 2 aromatic carbocycles. The van der Waals surface area contributed by atoms with Crippen molar-refractivity contribution in [1.82, 2.24) is 0 Å². The van der Waals surface area contributed by atoms with Gasteiger partial charge in [0, 0.05) is 11.3 Å². The van der Waals surface area contributed by atoms with Crippen molar-refractivity contribution >= 4 is 11.5 Å². The number of nitrogens with one attached hydrogen (secondary N) is 1. The summed E-state index contributed by atoms with van der Waals surface area (Å²) in [5.41, 5.74) is -0.561. The number of hydrogen-bond donors (Lipinski definition) is 2. The minimum Gasteiger partial charge on any atom is -0.384 e. The van der Waals surface area contributed by atoms with Crippen LogP contribution in [0.25, 0.3) is 0 Å². The number of Topliss-reactive ketones (excluding diaryl/α,β-unsaturated/α-hetero) is 1. The fraction of sp³-hybridized carbons (Fsp3) is 0.316. The van der Waals surface area contributed by atoms with Gasteiger partial charge in [-0.1, -0.05) is 48.5 Å². The first-order valence-corrected chi connectivity index (χ1v) is 8.43. The van der Waals surface area contributed by atoms with Crippen LogP contribution in [0.2, 0.25) is 0 Å². The van der Waals surface area contributed by atoms with E-state index in [1.807, 2.05) is 5.32 Å². The minimum absolute atomic E-state index is 0.169. The fourth-order valence-electron chi connectivity index (χ4n) is 2.57. The number of benzene rings is 2. The van der Waals surface area contributed by atoms with E-state index in [9.17, 15) is 49.4 Å². The van der Waals surface area contributed by atoms with Crippen LogP contribution in [0.5, 0.6) is 0 Å². The van der Waals surface area contributed by atoms with Gasteiger partial charge in [0.25, 0.3) is 0 Å². The maximum absolute atomic E-state index is 14.3. The quantitative estimate of drug-likeness (QED) is 0.423. The molecule has 0 aliphatic carbocycles. The monoisotopic (exact) mass is 459 g/mol. The van der Waals surface area contributed by atoms with E-state index in [0.29, 0.717) is 0 Å². The maximum atomic E-state index is 14.3. The van der Waals surface area contributed by atoms with Crippen molar-refractivity contribution in [2.24, 2.45) is 0 Å². The predicted molar refractivity (Wildman–Crippen MR) is 91.5 cm³/mol. The third-order valence-corrected chi connectivity index (χ3v) is 4.29. The molecule has 12 heteroatoms. The van der Waals surface area contributed by atoms with Crippen LogP contribution in [0, 0.1) is 0 Å². The number of aliphatic hydroxyl groups is 1. The number of anilines is 1. The largest absolute Gasteiger partial charge is 0.460 e. The van der Waals surface area contributed by atoms with Crippen LogP contribution >= 0.6 is 0 Å². The van der Waals surface area contributed by atoms with Gasteiger partial charge >= 0.3 is 23.9 Å². The Morgan fingerprint density at radius 3 is 1.65 bits per heavy atom. The molecule has 2 aromatic rings. The van der Waals surface area contributed by atoms with Gasteiger partial charge in [0.15, 0.2) is 11.9 Å². The summed E-state index contributed by atoms with van der Waals surface area (Å²) >= 11 is 0. The summed E-state index contributed by atoms with van der Waals surface area (Å²) in [5, 5.41) is 11.9. The van der Waals surface area contributed by atoms with Crippen LogP contribution in [0.15, 0.2) is 60.7 Å². The highest BCUT2D eigenvalue weighted by molar-refractivity contribution is 6.02. The van der Waals surface area contributed by atoms with Gasteiger partial charge in [-0.3, -0.25) is 4.79 Å². The van der Waals surface area contributed by atoms with Crippen molar-refractivity contribution in [1.29, 1.82) is 0 Å². The Labute approximate surface area is 169 Å². The van der Waals surface area contributed by atoms with Crippen molar-refractivity contribution < 1.29 is 49.4 Å². The maximum Gasteiger partial charge on any atom is 0.460 e. The summed E-state index contributed by atoms with van der Waals surface area (Å²) in [5.74, 6) is -22.1. The second-order valence-electron chi connectivity index (χ2n) is 6.43. The smallest absolute Gasteiger partial charge is 0.384 e. The zero-order valence-electron chi connectivity index (χ0n) is 15.2. The highest BCUT2D eigenvalue weighted by atomic mass is 19.4. The molecule has 0 saturated carbocycles. The number of alkyl halides is 9. The van der Waals surface area contributed by atoms with Gasteiger partial charge in [-0.25, -0.2) is 0 Å². The second-order valence-corrected chi connectivity index (χ2v) is 6.43. The molecule has 2 N–H and O–H groups in total. The molecule has 0 bridgehead atoms. The Kier molecular flexibility index (Phi) is 6.64. The molecule has 2 unspecified atom stereocenters. The molecule has 0 radical (unpaired) electrons. The molecule has 2 rings (SSSR count). The van der Waals surface area contributed by atoms with Crippen molar-refractivity contribution in [2.45, 2.75) is 36.1 Å². The van der Waals surface area contributed by atoms with Gasteiger partial charge in [-0.05, 0) is 12.1 Å². The van der Waals surface area contributed by atoms with Crippen LogP contribution in [0.3, 0.4) is 0 Å². The first-order valence-electron chi connectivity index (χ1n) is 8.43. The summed E-state index contributed by atoms with van der Waals surface area (Å²) in [4.78, 5) is 12.6. The van der Waals surface area contributed by atoms with Gasteiger partial charge in [-0.15, -0.1) is 0 Å². The number of hydrogen-bond acceptors (Lipinski definition) is 3. The van der Waals surface area contributed by atoms with Crippen molar-refractivity contribution in [3.8, 4) is 0 Å². The van der Waals surface area contributed by atoms with Gasteiger partial charge in [0.2, 0.25) is 0 Å². The second kappa shape index (κ2) is 8.40. The zero-order chi connectivity index (χ0) is 23.7. The lowest BCUT2D eigenvalue weighted by atomic mass is 9.90. The molecule has 0 fully saturated rings. The number of carbonyl (C=O) groups is 1. The number of aliphatic hydroxyl groups excluding tert-OH is 1. The van der Waals surface area contributed by atoms with E-state index >= 15 is 0 Å². The summed E-state index contributed by atoms with van der Waals surface area (Å²) in [6.07, 6.45) is -11.0. The SMILES string of the molecule is O=C(c1ccccc1)C(Nc1ccccc1)C(O)C(F)(F)C(F)(F)C(F)(F)C(F)(F)F. The molecule has 0 amide bonds. The van der Waals surface area contributed by atoms with E-state index < -0.39 is 47.4 Å². The lowest BCUT2D eigenvalue weighted by molar-refractivity contribution is -0.405. The summed E-state index contributed by atoms with van der Waals surface area (Å²) in [6, 6.07) is 9.73. The van der Waals surface area contributed by atoms with E-state index in [-0.39, 0.29) is 5.69 Å². The summed E-state index contributed by atoms with van der Waals surface area (Å²) < 4.78 is 120. The van der Waals surface area contributed by atoms with Gasteiger partial charge in [0.1, 0.15) is 6.04 Å². The first kappa shape index (κ1) is 24.5. The molecule has 3 nitrogen and oxygen atoms in total. The molecule has 170 valence electrons. The van der Waals surface area contributed by atoms with E-state index in [2.05, 4.69) is 0 Å². The Balaban J connectivity index is 2.52. The minimum atomic E-state index is -7.20. The molecule has 0 aliphatic rings. The fourth-order valence-corrected chi connectivity index (χ4v) is 2.57. The molecular weight excluding hydrogens is 445 g/mol. The van der Waals surface area contributed by atoms with Crippen LogP contribution in [-0.2, 0) is 0 Å². The topological polar surface area (TPSA) is 49.3 Å². The Morgan fingerprint density at radius 2 is 1.19 bits per heavy atom. The highest BCUT2D eigenvalue weighted by Gasteiger charge is 2.83. The van der Waals surface area contributed by atoms with Gasteiger partial charge in [-0.2, -0.15) is 39.5 Å². The number of para-hydroxylation sites is 1. The van der Waals surface area contributed by atoms with Crippen molar-refractivity contribution in [2.75, 3.05) is 5.32 Å². The molecule has 0 heterocycles. The molecule has 0 saturated heterocycles. The van der Waals surface area contributed by atoms with Crippen molar-refractivity contribution in [3.05, 3.63) is 66.2 Å². The average Bonchev–Trinajstić information content (AvgIpc) is 2.71. The van der Waals surface area contributed by atoms with Gasteiger partial charge < -0.3 is 10.4 Å². The lowest BCUT2D eigenvalue weighted by Crippen LogP contribution is -2.67. The summed E-state index contributed by atoms with van der Waals surface area (Å²) in [7, 11) is 0. The van der Waals surface area contributed by atoms with Crippen LogP contribution in [0.1, 0.15) is 10.4 Å². The molecule has 0 aromatic heterocycles. The number of carbonyl (C=O) groups excluding carboxylic acids is 1. The molecule has 0 aliphatic heterocycles. The first-order chi connectivity index (χ1) is 14.1. The molecule has 0 spiro atoms. The Morgan fingerprint density at radius 1 is 0.742 bits per heavy atom. The number of halogens is 9. The zero-order valence-corrected chi connectivity index (χ0v) is 15.2. The van der Waals surface area contributed by atoms with Crippen LogP contribution in [-0.4, -0.2) is 47.0 Å². The third kappa shape index (κ3) is 4.48. The third-order valence-electron chi connectivity index (χ3n) is 4.29. The van der Waals surface area contributed by atoms with Crippen molar-refractivity contribution in [3.63, 3.8) is 0 Å². The normalized spacial score (nSPS) is 15.3. The van der Waals surface area contributed by atoms with E-state index in [0.717, 1.165) is 12.1 Å². The van der Waals surface area contributed by atoms with Crippen LogP contribution in [0.4, 0.5) is 45.2 Å². The summed E-state index contributed by atoms with van der Waals surface area (Å²) in [6.45, 7) is 0. The lowest BCUT2D eigenvalue weighted by Gasteiger charge is -2.38. The van der Waals surface area contributed by atoms with Crippen LogP contribution < -0.4 is 5.32 Å². The number of ketones is 1. The van der Waals surface area contributed by atoms with E-state index in [4.69, 9.17) is 0 Å². The standard InChI is InChI=1S/C19H14F9NO2/c20-16(21,17(22,23)18(24,25)19(26,27)28)15(31)13(29-12-9-5-2-6-10-12)14(30)11-7-3-1-4-8-11/h1-10,13,15,29,31H. The highest BCUT2D eigenvalue weighted by Crippen LogP contribution is 2.54. The molecular formula is C19H14F9NO2. The van der Waals surface area contributed by atoms with E-state index in [1.165, 1.54) is 48.5 Å². The average molecular weight is 459 g/mol.